The number of nitrogens with one attached hydrogen (secondary N) is 1. The van der Waals surface area contributed by atoms with Gasteiger partial charge in [-0.25, -0.2) is 0 Å². The molecular weight excluding hydrogens is 192 g/mol. The van der Waals surface area contributed by atoms with Gasteiger partial charge >= 0.3 is 0 Å². The lowest BCUT2D eigenvalue weighted by atomic mass is 10.0. The maximum atomic E-state index is 11.8. The molecule has 0 aromatic heterocycles. The number of hydrogen-bond acceptors (Lipinski definition) is 3. The summed E-state index contributed by atoms with van der Waals surface area (Å²) < 4.78 is 5.14. The van der Waals surface area contributed by atoms with Gasteiger partial charge in [0, 0.05) is 11.7 Å². The van der Waals surface area contributed by atoms with Crippen LogP contribution in [0.2, 0.25) is 0 Å². The summed E-state index contributed by atoms with van der Waals surface area (Å²) in [5.41, 5.74) is 6.54. The molecule has 1 saturated heterocycles. The van der Waals surface area contributed by atoms with Gasteiger partial charge in [0.15, 0.2) is 0 Å². The van der Waals surface area contributed by atoms with E-state index < -0.39 is 0 Å². The molecule has 0 saturated carbocycles. The second-order valence-corrected chi connectivity index (χ2v) is 3.66. The van der Waals surface area contributed by atoms with Gasteiger partial charge in [-0.05, 0) is 12.1 Å². The Kier molecular flexibility index (Phi) is 2.99. The molecule has 0 aliphatic carbocycles. The Morgan fingerprint density at radius 3 is 2.67 bits per heavy atom. The number of rotatable bonds is 2. The highest BCUT2D eigenvalue weighted by atomic mass is 16.5. The molecule has 0 spiro atoms. The average Bonchev–Trinajstić information content (AvgIpc) is 2.66. The number of amides is 1. The summed E-state index contributed by atoms with van der Waals surface area (Å²) in [6, 6.07) is 9.16. The summed E-state index contributed by atoms with van der Waals surface area (Å²) >= 11 is 0. The van der Waals surface area contributed by atoms with Gasteiger partial charge in [0.05, 0.1) is 19.1 Å². The van der Waals surface area contributed by atoms with Crippen molar-refractivity contribution >= 4 is 11.6 Å². The predicted octanol–water partition coefficient (Wildman–Crippen LogP) is 0.599. The van der Waals surface area contributed by atoms with Gasteiger partial charge in [0.1, 0.15) is 0 Å². The first kappa shape index (κ1) is 10.1. The predicted molar refractivity (Wildman–Crippen MR) is 57.4 cm³/mol. The Hall–Kier alpha value is -1.39. The van der Waals surface area contributed by atoms with Crippen LogP contribution < -0.4 is 11.1 Å². The molecule has 1 aliphatic rings. The lowest BCUT2D eigenvalue weighted by Gasteiger charge is -2.13. The fourth-order valence-corrected chi connectivity index (χ4v) is 1.60. The van der Waals surface area contributed by atoms with Gasteiger partial charge in [-0.2, -0.15) is 0 Å². The molecule has 0 radical (unpaired) electrons. The minimum Gasteiger partial charge on any atom is -0.379 e. The number of carbonyl (C=O) groups is 1. The van der Waals surface area contributed by atoms with E-state index in [1.165, 1.54) is 0 Å². The average molecular weight is 206 g/mol. The summed E-state index contributed by atoms with van der Waals surface area (Å²) in [6.07, 6.45) is 0. The molecule has 1 aliphatic heterocycles. The van der Waals surface area contributed by atoms with E-state index in [4.69, 9.17) is 10.5 Å². The third kappa shape index (κ3) is 2.34. The number of para-hydroxylation sites is 1. The number of benzene rings is 1. The van der Waals surface area contributed by atoms with E-state index in [1.807, 2.05) is 30.3 Å². The zero-order valence-corrected chi connectivity index (χ0v) is 8.35. The minimum absolute atomic E-state index is 0.0637. The summed E-state index contributed by atoms with van der Waals surface area (Å²) in [5, 5.41) is 2.82. The largest absolute Gasteiger partial charge is 0.379 e. The standard InChI is InChI=1S/C11H14N2O2/c12-10-7-15-6-9(10)11(14)13-8-4-2-1-3-5-8/h1-5,9-10H,6-7,12H2,(H,13,14). The highest BCUT2D eigenvalue weighted by molar-refractivity contribution is 5.93. The van der Waals surface area contributed by atoms with Gasteiger partial charge in [-0.3, -0.25) is 4.79 Å². The molecular formula is C11H14N2O2. The van der Waals surface area contributed by atoms with Crippen LogP contribution in [0.1, 0.15) is 0 Å². The monoisotopic (exact) mass is 206 g/mol. The van der Waals surface area contributed by atoms with Crippen LogP contribution in [-0.2, 0) is 9.53 Å². The molecule has 80 valence electrons. The zero-order valence-electron chi connectivity index (χ0n) is 8.35. The maximum absolute atomic E-state index is 11.8. The fourth-order valence-electron chi connectivity index (χ4n) is 1.60. The molecule has 2 rings (SSSR count). The molecule has 0 bridgehead atoms. The Labute approximate surface area is 88.4 Å². The highest BCUT2D eigenvalue weighted by Crippen LogP contribution is 2.14. The van der Waals surface area contributed by atoms with E-state index >= 15 is 0 Å². The Balaban J connectivity index is 1.98. The SMILES string of the molecule is NC1COCC1C(=O)Nc1ccccc1. The van der Waals surface area contributed by atoms with E-state index in [0.717, 1.165) is 5.69 Å². The fraction of sp³-hybridized carbons (Fsp3) is 0.364. The van der Waals surface area contributed by atoms with E-state index in [2.05, 4.69) is 5.32 Å². The summed E-state index contributed by atoms with van der Waals surface area (Å²) in [5.74, 6) is -0.295. The number of ether oxygens (including phenoxy) is 1. The molecule has 4 nitrogen and oxygen atoms in total. The topological polar surface area (TPSA) is 64.3 Å². The second kappa shape index (κ2) is 4.42. The van der Waals surface area contributed by atoms with Crippen molar-refractivity contribution in [2.75, 3.05) is 18.5 Å². The summed E-state index contributed by atoms with van der Waals surface area (Å²) in [6.45, 7) is 0.882. The number of carbonyl (C=O) groups excluding carboxylic acids is 1. The highest BCUT2D eigenvalue weighted by Gasteiger charge is 2.31. The normalized spacial score (nSPS) is 25.1. The lowest BCUT2D eigenvalue weighted by molar-refractivity contribution is -0.120. The zero-order chi connectivity index (χ0) is 10.7. The van der Waals surface area contributed by atoms with Crippen molar-refractivity contribution < 1.29 is 9.53 Å². The molecule has 1 fully saturated rings. The molecule has 3 N–H and O–H groups in total. The van der Waals surface area contributed by atoms with Gasteiger partial charge in [-0.1, -0.05) is 18.2 Å². The summed E-state index contributed by atoms with van der Waals surface area (Å²) in [7, 11) is 0. The van der Waals surface area contributed by atoms with Crippen LogP contribution in [0, 0.1) is 5.92 Å². The smallest absolute Gasteiger partial charge is 0.231 e. The van der Waals surface area contributed by atoms with Crippen molar-refractivity contribution in [3.05, 3.63) is 30.3 Å². The Bertz CT molecular complexity index is 340. The van der Waals surface area contributed by atoms with Crippen molar-refractivity contribution in [1.29, 1.82) is 0 Å². The molecule has 1 heterocycles. The van der Waals surface area contributed by atoms with Gasteiger partial charge < -0.3 is 15.8 Å². The quantitative estimate of drug-likeness (QED) is 0.744. The summed E-state index contributed by atoms with van der Waals surface area (Å²) in [4.78, 5) is 11.8. The third-order valence-corrected chi connectivity index (χ3v) is 2.50. The van der Waals surface area contributed by atoms with Crippen LogP contribution in [0.5, 0.6) is 0 Å². The molecule has 1 amide bonds. The lowest BCUT2D eigenvalue weighted by Crippen LogP contribution is -2.37. The molecule has 4 heteroatoms. The van der Waals surface area contributed by atoms with Crippen molar-refractivity contribution in [3.8, 4) is 0 Å². The molecule has 1 aromatic carbocycles. The van der Waals surface area contributed by atoms with Crippen LogP contribution in [0.4, 0.5) is 5.69 Å². The molecule has 1 aromatic rings. The van der Waals surface area contributed by atoms with Crippen molar-refractivity contribution in [1.82, 2.24) is 0 Å². The number of anilines is 1. The van der Waals surface area contributed by atoms with Crippen LogP contribution in [-0.4, -0.2) is 25.2 Å². The first-order chi connectivity index (χ1) is 7.27. The third-order valence-electron chi connectivity index (χ3n) is 2.50. The minimum atomic E-state index is -0.231. The van der Waals surface area contributed by atoms with Crippen LogP contribution in [0.3, 0.4) is 0 Å². The second-order valence-electron chi connectivity index (χ2n) is 3.66. The van der Waals surface area contributed by atoms with Crippen molar-refractivity contribution in [3.63, 3.8) is 0 Å². The van der Waals surface area contributed by atoms with E-state index in [-0.39, 0.29) is 17.9 Å². The van der Waals surface area contributed by atoms with Gasteiger partial charge in [-0.15, -0.1) is 0 Å². The van der Waals surface area contributed by atoms with E-state index in [9.17, 15) is 4.79 Å². The molecule has 2 atom stereocenters. The van der Waals surface area contributed by atoms with E-state index in [0.29, 0.717) is 13.2 Å². The van der Waals surface area contributed by atoms with Crippen LogP contribution >= 0.6 is 0 Å². The van der Waals surface area contributed by atoms with E-state index in [1.54, 1.807) is 0 Å². The Morgan fingerprint density at radius 2 is 2.07 bits per heavy atom. The first-order valence-corrected chi connectivity index (χ1v) is 4.96. The van der Waals surface area contributed by atoms with Crippen molar-refractivity contribution in [2.24, 2.45) is 11.7 Å². The molecule has 15 heavy (non-hydrogen) atoms. The number of hydrogen-bond donors (Lipinski definition) is 2. The number of nitrogens with two attached hydrogens (primary N) is 1. The molecule has 2 unspecified atom stereocenters. The van der Waals surface area contributed by atoms with Crippen molar-refractivity contribution in [2.45, 2.75) is 6.04 Å². The maximum Gasteiger partial charge on any atom is 0.231 e. The van der Waals surface area contributed by atoms with Crippen LogP contribution in [0.25, 0.3) is 0 Å². The van der Waals surface area contributed by atoms with Gasteiger partial charge in [0.2, 0.25) is 5.91 Å². The Morgan fingerprint density at radius 1 is 1.33 bits per heavy atom. The van der Waals surface area contributed by atoms with Gasteiger partial charge in [0.25, 0.3) is 0 Å². The van der Waals surface area contributed by atoms with Crippen LogP contribution in [0.15, 0.2) is 30.3 Å². The first-order valence-electron chi connectivity index (χ1n) is 4.96.